The minimum Gasteiger partial charge on any atom is -0.295 e. The Hall–Kier alpha value is -3.32. The zero-order valence-electron chi connectivity index (χ0n) is 16.0. The van der Waals surface area contributed by atoms with Gasteiger partial charge in [0, 0.05) is 10.2 Å². The molecule has 2 aromatic carbocycles. The Labute approximate surface area is 174 Å². The van der Waals surface area contributed by atoms with Crippen molar-refractivity contribution in [1.29, 1.82) is 0 Å². The van der Waals surface area contributed by atoms with Crippen LogP contribution in [0.25, 0.3) is 24.0 Å². The highest BCUT2D eigenvalue weighted by Crippen LogP contribution is 2.12. The summed E-state index contributed by atoms with van der Waals surface area (Å²) < 4.78 is 3.82. The molecule has 0 aliphatic carbocycles. The van der Waals surface area contributed by atoms with E-state index in [-0.39, 0.29) is 11.1 Å². The number of halogens is 1. The smallest absolute Gasteiger partial charge is 0.279 e. The maximum absolute atomic E-state index is 13.0. The molecule has 2 aromatic heterocycles. The topological polar surface area (TPSA) is 75.6 Å². The van der Waals surface area contributed by atoms with E-state index in [1.54, 1.807) is 6.08 Å². The second kappa shape index (κ2) is 7.25. The first kappa shape index (κ1) is 19.0. The lowest BCUT2D eigenvalue weighted by Gasteiger charge is -2.02. The minimum absolute atomic E-state index is 0.219. The zero-order chi connectivity index (χ0) is 20.7. The minimum atomic E-state index is -0.264. The highest BCUT2D eigenvalue weighted by molar-refractivity contribution is 9.10. The van der Waals surface area contributed by atoms with E-state index < -0.39 is 0 Å². The largest absolute Gasteiger partial charge is 0.295 e. The molecule has 0 atom stereocenters. The Morgan fingerprint density at radius 2 is 1.62 bits per heavy atom. The molecule has 0 amide bonds. The first-order valence-electron chi connectivity index (χ1n) is 9.01. The van der Waals surface area contributed by atoms with Gasteiger partial charge in [-0.05, 0) is 61.9 Å². The van der Waals surface area contributed by atoms with Crippen molar-refractivity contribution >= 4 is 28.6 Å². The highest BCUT2D eigenvalue weighted by atomic mass is 79.9. The van der Waals surface area contributed by atoms with Crippen LogP contribution >= 0.6 is 15.9 Å². The lowest BCUT2D eigenvalue weighted by Crippen LogP contribution is -2.34. The van der Waals surface area contributed by atoms with Crippen LogP contribution in [0.15, 0.2) is 62.6 Å². The molecule has 0 saturated carbocycles. The van der Waals surface area contributed by atoms with Crippen LogP contribution in [0.1, 0.15) is 16.8 Å². The van der Waals surface area contributed by atoms with E-state index in [0.717, 1.165) is 15.7 Å². The number of hydrogen-bond donors (Lipinski definition) is 2. The lowest BCUT2D eigenvalue weighted by molar-refractivity contribution is 0.834. The highest BCUT2D eigenvalue weighted by Gasteiger charge is 2.12. The first-order valence-corrected chi connectivity index (χ1v) is 9.81. The third-order valence-electron chi connectivity index (χ3n) is 4.76. The Balaban J connectivity index is 1.88. The second-order valence-corrected chi connectivity index (χ2v) is 7.81. The molecule has 0 radical (unpaired) electrons. The summed E-state index contributed by atoms with van der Waals surface area (Å²) in [6.07, 6.45) is 1.59. The molecule has 0 saturated heterocycles. The number of hydrogen-bond acceptors (Lipinski definition) is 2. The molecular formula is C22H19BrN4O2. The quantitative estimate of drug-likeness (QED) is 0.502. The van der Waals surface area contributed by atoms with Crippen LogP contribution in [0.2, 0.25) is 0 Å². The Morgan fingerprint density at radius 1 is 0.931 bits per heavy atom. The summed E-state index contributed by atoms with van der Waals surface area (Å²) in [6.45, 7) is 7.72. The van der Waals surface area contributed by atoms with Crippen molar-refractivity contribution in [2.45, 2.75) is 13.8 Å². The van der Waals surface area contributed by atoms with Crippen molar-refractivity contribution in [3.8, 4) is 11.4 Å². The molecule has 2 N–H and O–H groups in total. The van der Waals surface area contributed by atoms with Crippen molar-refractivity contribution in [1.82, 2.24) is 19.6 Å². The SMILES string of the molecule is C=c1[nH]n(-c2ccc(Br)cc2)c(=O)/c1=C/c1c(C)[nH]n(-c2cccc(C)c2)c1=O. The van der Waals surface area contributed by atoms with Gasteiger partial charge in [0.2, 0.25) is 0 Å². The van der Waals surface area contributed by atoms with Gasteiger partial charge in [0.15, 0.2) is 0 Å². The maximum atomic E-state index is 13.0. The molecule has 0 bridgehead atoms. The normalized spacial score (nSPS) is 11.9. The summed E-state index contributed by atoms with van der Waals surface area (Å²) in [5.41, 5.74) is 3.10. The van der Waals surface area contributed by atoms with E-state index in [9.17, 15) is 9.59 Å². The summed E-state index contributed by atoms with van der Waals surface area (Å²) in [6, 6.07) is 15.0. The van der Waals surface area contributed by atoms with Crippen LogP contribution in [-0.4, -0.2) is 19.6 Å². The first-order chi connectivity index (χ1) is 13.8. The fourth-order valence-corrected chi connectivity index (χ4v) is 3.50. The van der Waals surface area contributed by atoms with Gasteiger partial charge in [0.05, 0.1) is 27.5 Å². The number of nitrogens with zero attached hydrogens (tertiary/aromatic N) is 2. The summed E-state index contributed by atoms with van der Waals surface area (Å²) in [5, 5.41) is 6.86. The zero-order valence-corrected chi connectivity index (χ0v) is 17.6. The van der Waals surface area contributed by atoms with Gasteiger partial charge in [0.1, 0.15) is 0 Å². The van der Waals surface area contributed by atoms with Crippen molar-refractivity contribution in [2.24, 2.45) is 0 Å². The lowest BCUT2D eigenvalue weighted by atomic mass is 10.2. The number of aromatic nitrogens is 4. The average Bonchev–Trinajstić information content (AvgIpc) is 3.13. The van der Waals surface area contributed by atoms with Gasteiger partial charge in [0.25, 0.3) is 11.1 Å². The van der Waals surface area contributed by atoms with Gasteiger partial charge >= 0.3 is 0 Å². The number of rotatable bonds is 3. The molecule has 7 heteroatoms. The molecule has 4 aromatic rings. The van der Waals surface area contributed by atoms with E-state index >= 15 is 0 Å². The molecule has 0 aliphatic rings. The Kier molecular flexibility index (Phi) is 4.76. The molecular weight excluding hydrogens is 432 g/mol. The van der Waals surface area contributed by atoms with Crippen LogP contribution in [0.5, 0.6) is 0 Å². The number of H-pyrrole nitrogens is 2. The van der Waals surface area contributed by atoms with Crippen LogP contribution in [0, 0.1) is 13.8 Å². The van der Waals surface area contributed by atoms with Crippen LogP contribution in [-0.2, 0) is 0 Å². The predicted molar refractivity (Wildman–Crippen MR) is 118 cm³/mol. The number of nitrogens with one attached hydrogen (secondary N) is 2. The van der Waals surface area contributed by atoms with Gasteiger partial charge in [-0.15, -0.1) is 0 Å². The summed E-state index contributed by atoms with van der Waals surface area (Å²) in [4.78, 5) is 26.0. The number of benzene rings is 2. The molecule has 0 unspecified atom stereocenters. The van der Waals surface area contributed by atoms with Crippen LogP contribution in [0.4, 0.5) is 0 Å². The Bertz CT molecular complexity index is 1440. The van der Waals surface area contributed by atoms with Crippen molar-refractivity contribution < 1.29 is 0 Å². The van der Waals surface area contributed by atoms with Gasteiger partial charge in [-0.3, -0.25) is 19.8 Å². The predicted octanol–water partition coefficient (Wildman–Crippen LogP) is 2.26. The van der Waals surface area contributed by atoms with Crippen molar-refractivity contribution in [3.63, 3.8) is 0 Å². The van der Waals surface area contributed by atoms with E-state index in [4.69, 9.17) is 0 Å². The molecule has 0 fully saturated rings. The van der Waals surface area contributed by atoms with Gasteiger partial charge in [-0.2, -0.15) is 0 Å². The van der Waals surface area contributed by atoms with Crippen molar-refractivity contribution in [3.05, 3.63) is 101 Å². The Morgan fingerprint density at radius 3 is 2.31 bits per heavy atom. The van der Waals surface area contributed by atoms with Crippen LogP contribution in [0.3, 0.4) is 0 Å². The summed E-state index contributed by atoms with van der Waals surface area (Å²) in [5.74, 6) is 0. The summed E-state index contributed by atoms with van der Waals surface area (Å²) >= 11 is 3.39. The van der Waals surface area contributed by atoms with Crippen LogP contribution < -0.4 is 21.7 Å². The standard InChI is InChI=1S/C22H19BrN4O2/c1-13-5-4-6-18(11-13)27-22(29)20(15(3)25-27)12-19-14(2)24-26(21(19)28)17-9-7-16(23)8-10-17/h4-12,24-25H,2H2,1,3H3/b19-12+. The third kappa shape index (κ3) is 3.45. The fourth-order valence-electron chi connectivity index (χ4n) is 3.24. The van der Waals surface area contributed by atoms with Gasteiger partial charge in [-0.25, -0.2) is 9.36 Å². The molecule has 6 nitrogen and oxygen atoms in total. The molecule has 0 aliphatic heterocycles. The third-order valence-corrected chi connectivity index (χ3v) is 5.28. The van der Waals surface area contributed by atoms with E-state index in [2.05, 4.69) is 32.7 Å². The second-order valence-electron chi connectivity index (χ2n) is 6.90. The molecule has 0 spiro atoms. The van der Waals surface area contributed by atoms with E-state index in [1.165, 1.54) is 9.36 Å². The molecule has 146 valence electrons. The molecule has 4 rings (SSSR count). The van der Waals surface area contributed by atoms with E-state index in [1.807, 2.05) is 62.4 Å². The molecule has 29 heavy (non-hydrogen) atoms. The molecule has 2 heterocycles. The maximum Gasteiger partial charge on any atom is 0.279 e. The van der Waals surface area contributed by atoms with Gasteiger partial charge in [-0.1, -0.05) is 34.6 Å². The monoisotopic (exact) mass is 450 g/mol. The number of aryl methyl sites for hydroxylation is 2. The summed E-state index contributed by atoms with van der Waals surface area (Å²) in [7, 11) is 0. The number of aromatic amines is 2. The van der Waals surface area contributed by atoms with Gasteiger partial charge < -0.3 is 0 Å². The fraction of sp³-hybridized carbons (Fsp3) is 0.0909. The van der Waals surface area contributed by atoms with Crippen molar-refractivity contribution in [2.75, 3.05) is 0 Å². The van der Waals surface area contributed by atoms with E-state index in [0.29, 0.717) is 27.5 Å². The average molecular weight is 451 g/mol.